The zero-order valence-electron chi connectivity index (χ0n) is 16.2. The predicted octanol–water partition coefficient (Wildman–Crippen LogP) is 2.73. The average Bonchev–Trinajstić information content (AvgIpc) is 2.69. The Morgan fingerprint density at radius 3 is 2.81 bits per heavy atom. The number of carbonyl (C=O) groups excluding carboxylic acids is 1. The number of para-hydroxylation sites is 1. The van der Waals surface area contributed by atoms with Gasteiger partial charge in [0.25, 0.3) is 0 Å². The van der Waals surface area contributed by atoms with Crippen molar-refractivity contribution in [3.05, 3.63) is 29.8 Å². The van der Waals surface area contributed by atoms with Crippen LogP contribution in [-0.4, -0.2) is 50.1 Å². The van der Waals surface area contributed by atoms with E-state index in [2.05, 4.69) is 34.6 Å². The molecule has 1 unspecified atom stereocenters. The van der Waals surface area contributed by atoms with Gasteiger partial charge in [0.1, 0.15) is 5.75 Å². The number of piperidine rings is 2. The zero-order chi connectivity index (χ0) is 18.4. The fourth-order valence-corrected chi connectivity index (χ4v) is 4.32. The summed E-state index contributed by atoms with van der Waals surface area (Å²) in [7, 11) is 1.72. The van der Waals surface area contributed by atoms with Crippen molar-refractivity contribution in [3.63, 3.8) is 0 Å². The van der Waals surface area contributed by atoms with E-state index in [1.807, 2.05) is 12.1 Å². The molecule has 0 saturated carbocycles. The molecule has 3 rings (SSSR count). The Morgan fingerprint density at radius 2 is 2.08 bits per heavy atom. The maximum atomic E-state index is 12.7. The van der Waals surface area contributed by atoms with Crippen LogP contribution in [0.15, 0.2) is 24.3 Å². The highest BCUT2D eigenvalue weighted by atomic mass is 16.5. The Morgan fingerprint density at radius 1 is 1.31 bits per heavy atom. The van der Waals surface area contributed by atoms with Crippen LogP contribution in [0, 0.1) is 5.92 Å². The highest BCUT2D eigenvalue weighted by Crippen LogP contribution is 2.31. The van der Waals surface area contributed by atoms with Crippen LogP contribution in [-0.2, 0) is 4.79 Å². The number of ether oxygens (including phenoxy) is 1. The average molecular weight is 360 g/mol. The molecule has 2 fully saturated rings. The van der Waals surface area contributed by atoms with Crippen molar-refractivity contribution in [2.75, 3.05) is 33.3 Å². The zero-order valence-corrected chi connectivity index (χ0v) is 16.2. The Balaban J connectivity index is 1.70. The molecule has 26 heavy (non-hydrogen) atoms. The number of nitrogens with zero attached hydrogens (tertiary/aromatic N) is 1. The topological polar surface area (TPSA) is 53.6 Å². The second kappa shape index (κ2) is 9.38. The quantitative estimate of drug-likeness (QED) is 0.820. The lowest BCUT2D eigenvalue weighted by molar-refractivity contribution is -0.126. The van der Waals surface area contributed by atoms with Gasteiger partial charge in [-0.15, -0.1) is 0 Å². The molecule has 0 aliphatic carbocycles. The molecule has 2 N–H and O–H groups in total. The van der Waals surface area contributed by atoms with Crippen LogP contribution >= 0.6 is 0 Å². The van der Waals surface area contributed by atoms with Gasteiger partial charge in [0.05, 0.1) is 13.2 Å². The fourth-order valence-electron chi connectivity index (χ4n) is 4.32. The highest BCUT2D eigenvalue weighted by Gasteiger charge is 2.28. The molecule has 2 saturated heterocycles. The Kier molecular flexibility index (Phi) is 6.92. The van der Waals surface area contributed by atoms with E-state index in [9.17, 15) is 4.79 Å². The molecule has 1 amide bonds. The SMILES string of the molecule is COc1ccccc1C(CNC(=O)[C@H]1CCN[C@@H](C)C1)N1CCCCC1. The van der Waals surface area contributed by atoms with E-state index in [0.29, 0.717) is 12.6 Å². The van der Waals surface area contributed by atoms with Crippen LogP contribution in [0.3, 0.4) is 0 Å². The minimum atomic E-state index is 0.130. The minimum absolute atomic E-state index is 0.130. The van der Waals surface area contributed by atoms with E-state index < -0.39 is 0 Å². The lowest BCUT2D eigenvalue weighted by Gasteiger charge is -2.36. The third-order valence-electron chi connectivity index (χ3n) is 5.79. The number of methoxy groups -OCH3 is 1. The summed E-state index contributed by atoms with van der Waals surface area (Å²) >= 11 is 0. The van der Waals surface area contributed by atoms with Crippen molar-refractivity contribution in [3.8, 4) is 5.75 Å². The van der Waals surface area contributed by atoms with E-state index in [1.54, 1.807) is 7.11 Å². The summed E-state index contributed by atoms with van der Waals surface area (Å²) in [5, 5.41) is 6.68. The van der Waals surface area contributed by atoms with E-state index in [0.717, 1.165) is 38.2 Å². The normalized spacial score (nSPS) is 25.5. The van der Waals surface area contributed by atoms with Crippen molar-refractivity contribution in [1.82, 2.24) is 15.5 Å². The maximum Gasteiger partial charge on any atom is 0.223 e. The number of amides is 1. The van der Waals surface area contributed by atoms with E-state index in [1.165, 1.54) is 24.8 Å². The van der Waals surface area contributed by atoms with Gasteiger partial charge in [-0.2, -0.15) is 0 Å². The number of benzene rings is 1. The summed E-state index contributed by atoms with van der Waals surface area (Å²) < 4.78 is 5.61. The first-order chi connectivity index (χ1) is 12.7. The van der Waals surface area contributed by atoms with Gasteiger partial charge in [-0.3, -0.25) is 9.69 Å². The maximum absolute atomic E-state index is 12.7. The number of likely N-dealkylation sites (tertiary alicyclic amines) is 1. The van der Waals surface area contributed by atoms with Crippen LogP contribution in [0.5, 0.6) is 5.75 Å². The van der Waals surface area contributed by atoms with Gasteiger partial charge < -0.3 is 15.4 Å². The van der Waals surface area contributed by atoms with Crippen molar-refractivity contribution < 1.29 is 9.53 Å². The van der Waals surface area contributed by atoms with Gasteiger partial charge in [-0.05, 0) is 58.3 Å². The summed E-state index contributed by atoms with van der Waals surface area (Å²) in [5.41, 5.74) is 1.18. The fraction of sp³-hybridized carbons (Fsp3) is 0.667. The van der Waals surface area contributed by atoms with Crippen LogP contribution in [0.2, 0.25) is 0 Å². The smallest absolute Gasteiger partial charge is 0.223 e. The Labute approximate surface area is 157 Å². The van der Waals surface area contributed by atoms with E-state index in [-0.39, 0.29) is 17.9 Å². The first-order valence-corrected chi connectivity index (χ1v) is 10.1. The van der Waals surface area contributed by atoms with Gasteiger partial charge in [-0.25, -0.2) is 0 Å². The third-order valence-corrected chi connectivity index (χ3v) is 5.79. The van der Waals surface area contributed by atoms with Gasteiger partial charge in [0.15, 0.2) is 0 Å². The molecule has 1 aromatic carbocycles. The first kappa shape index (κ1) is 19.2. The second-order valence-electron chi connectivity index (χ2n) is 7.68. The molecule has 2 heterocycles. The molecular formula is C21H33N3O2. The molecule has 144 valence electrons. The van der Waals surface area contributed by atoms with Gasteiger partial charge in [-0.1, -0.05) is 24.6 Å². The molecular weight excluding hydrogens is 326 g/mol. The number of hydrogen-bond acceptors (Lipinski definition) is 4. The predicted molar refractivity (Wildman–Crippen MR) is 104 cm³/mol. The lowest BCUT2D eigenvalue weighted by atomic mass is 9.92. The van der Waals surface area contributed by atoms with Crippen LogP contribution in [0.4, 0.5) is 0 Å². The molecule has 0 radical (unpaired) electrons. The summed E-state index contributed by atoms with van der Waals surface area (Å²) in [5.74, 6) is 1.24. The Bertz CT molecular complexity index is 586. The molecule has 2 aliphatic rings. The van der Waals surface area contributed by atoms with Gasteiger partial charge >= 0.3 is 0 Å². The molecule has 5 nitrogen and oxygen atoms in total. The molecule has 0 bridgehead atoms. The second-order valence-corrected chi connectivity index (χ2v) is 7.68. The highest BCUT2D eigenvalue weighted by molar-refractivity contribution is 5.78. The Hall–Kier alpha value is -1.59. The van der Waals surface area contributed by atoms with Crippen LogP contribution in [0.25, 0.3) is 0 Å². The minimum Gasteiger partial charge on any atom is -0.496 e. The van der Waals surface area contributed by atoms with Gasteiger partial charge in [0, 0.05) is 24.1 Å². The number of nitrogens with one attached hydrogen (secondary N) is 2. The van der Waals surface area contributed by atoms with E-state index >= 15 is 0 Å². The monoisotopic (exact) mass is 359 g/mol. The van der Waals surface area contributed by atoms with Crippen LogP contribution in [0.1, 0.15) is 50.6 Å². The summed E-state index contributed by atoms with van der Waals surface area (Å²) in [6.45, 7) is 5.91. The van der Waals surface area contributed by atoms with Crippen molar-refractivity contribution in [2.24, 2.45) is 5.92 Å². The number of carbonyl (C=O) groups is 1. The molecule has 5 heteroatoms. The number of rotatable bonds is 6. The number of hydrogen-bond donors (Lipinski definition) is 2. The van der Waals surface area contributed by atoms with Crippen LogP contribution < -0.4 is 15.4 Å². The molecule has 0 spiro atoms. The van der Waals surface area contributed by atoms with Crippen molar-refractivity contribution in [1.29, 1.82) is 0 Å². The van der Waals surface area contributed by atoms with E-state index in [4.69, 9.17) is 4.74 Å². The van der Waals surface area contributed by atoms with Crippen molar-refractivity contribution >= 4 is 5.91 Å². The standard InChI is InChI=1S/C21H33N3O2/c1-16-14-17(10-11-22-16)21(25)23-15-19(24-12-6-3-7-13-24)18-8-4-5-9-20(18)26-2/h4-5,8-9,16-17,19,22H,3,6-7,10-15H2,1-2H3,(H,23,25)/t16-,17-,19?/m0/s1. The van der Waals surface area contributed by atoms with Gasteiger partial charge in [0.2, 0.25) is 5.91 Å². The third kappa shape index (κ3) is 4.77. The largest absolute Gasteiger partial charge is 0.496 e. The molecule has 1 aromatic rings. The summed E-state index contributed by atoms with van der Waals surface area (Å²) in [6.07, 6.45) is 5.61. The lowest BCUT2D eigenvalue weighted by Crippen LogP contribution is -2.45. The molecule has 0 aromatic heterocycles. The first-order valence-electron chi connectivity index (χ1n) is 10.1. The molecule has 3 atom stereocenters. The summed E-state index contributed by atoms with van der Waals surface area (Å²) in [4.78, 5) is 15.2. The summed E-state index contributed by atoms with van der Waals surface area (Å²) in [6, 6.07) is 8.82. The van der Waals surface area contributed by atoms with Crippen molar-refractivity contribution in [2.45, 2.75) is 51.1 Å². The molecule has 2 aliphatic heterocycles.